The van der Waals surface area contributed by atoms with E-state index in [4.69, 9.17) is 37.3 Å². The molecule has 0 bridgehead atoms. The van der Waals surface area contributed by atoms with Gasteiger partial charge in [0.05, 0.1) is 0 Å². The van der Waals surface area contributed by atoms with Crippen LogP contribution in [0.15, 0.2) is 71.7 Å². The normalized spacial score (nSPS) is 15.3. The molecular weight excluding hydrogens is 592 g/mol. The van der Waals surface area contributed by atoms with E-state index in [-0.39, 0.29) is 6.10 Å². The number of esters is 1. The Kier molecular flexibility index (Phi) is 10.8. The third-order valence-corrected chi connectivity index (χ3v) is 7.90. The van der Waals surface area contributed by atoms with E-state index < -0.39 is 29.3 Å². The summed E-state index contributed by atoms with van der Waals surface area (Å²) in [7, 11) is 0. The molecule has 0 fully saturated rings. The zero-order valence-electron chi connectivity index (χ0n) is 26.6. The number of hydrogen-bond acceptors (Lipinski definition) is 8. The number of nitrogens with two attached hydrogens (primary N) is 2. The number of ether oxygens (including phenoxy) is 3. The van der Waals surface area contributed by atoms with Crippen LogP contribution < -0.4 is 21.5 Å². The van der Waals surface area contributed by atoms with Crippen LogP contribution >= 0.6 is 11.6 Å². The molecule has 2 atom stereocenters. The largest absolute Gasteiger partial charge is 0.481 e. The highest BCUT2D eigenvalue weighted by Crippen LogP contribution is 2.34. The van der Waals surface area contributed by atoms with Crippen LogP contribution in [0.5, 0.6) is 5.75 Å². The van der Waals surface area contributed by atoms with Gasteiger partial charge < -0.3 is 31.0 Å². The lowest BCUT2D eigenvalue weighted by molar-refractivity contribution is -0.158. The van der Waals surface area contributed by atoms with E-state index in [1.807, 2.05) is 83.1 Å². The molecule has 45 heavy (non-hydrogen) atoms. The van der Waals surface area contributed by atoms with E-state index in [2.05, 4.69) is 10.3 Å². The monoisotopic (exact) mass is 634 g/mol. The summed E-state index contributed by atoms with van der Waals surface area (Å²) >= 11 is 6.08. The second-order valence-electron chi connectivity index (χ2n) is 12.6. The standard InChI is InChI=1S/C35H43ClN4O5/c1-22-31(38)40-28-20-26(12-13-29(28)43-22)30(37)32(41)44-34(2,3)16-14-23-8-6-10-25(18-23)21-39-33(42)45-35(4,5)17-15-24-9-7-11-27(36)19-24/h6-13,18-20,22,30H,14-17,21,37H2,1-5H3,(H2,38,40)(H,39,42). The van der Waals surface area contributed by atoms with Crippen LogP contribution in [0.3, 0.4) is 0 Å². The Balaban J connectivity index is 1.24. The third-order valence-electron chi connectivity index (χ3n) is 7.66. The van der Waals surface area contributed by atoms with Gasteiger partial charge in [-0.1, -0.05) is 54.1 Å². The van der Waals surface area contributed by atoms with Crippen molar-refractivity contribution < 1.29 is 23.8 Å². The number of amidine groups is 1. The molecule has 0 spiro atoms. The Labute approximate surface area is 270 Å². The summed E-state index contributed by atoms with van der Waals surface area (Å²) in [6, 6.07) is 19.8. The lowest BCUT2D eigenvalue weighted by Crippen LogP contribution is -2.35. The number of aryl methyl sites for hydroxylation is 2. The molecule has 0 aromatic heterocycles. The highest BCUT2D eigenvalue weighted by atomic mass is 35.5. The first kappa shape index (κ1) is 33.8. The number of aliphatic imine (C=N–C) groups is 1. The second kappa shape index (κ2) is 14.3. The molecule has 1 aliphatic heterocycles. The van der Waals surface area contributed by atoms with Crippen molar-refractivity contribution in [2.75, 3.05) is 0 Å². The number of halogens is 1. The van der Waals surface area contributed by atoms with E-state index in [1.165, 1.54) is 0 Å². The van der Waals surface area contributed by atoms with Crippen molar-refractivity contribution in [2.45, 2.75) is 90.2 Å². The van der Waals surface area contributed by atoms with Crippen molar-refractivity contribution in [3.05, 3.63) is 94.0 Å². The summed E-state index contributed by atoms with van der Waals surface area (Å²) in [5, 5.41) is 3.54. The van der Waals surface area contributed by atoms with Crippen molar-refractivity contribution in [1.82, 2.24) is 5.32 Å². The molecule has 3 aromatic carbocycles. The number of nitrogens with one attached hydrogen (secondary N) is 1. The van der Waals surface area contributed by atoms with Gasteiger partial charge in [-0.25, -0.2) is 14.6 Å². The molecule has 9 nitrogen and oxygen atoms in total. The Morgan fingerprint density at radius 1 is 0.933 bits per heavy atom. The van der Waals surface area contributed by atoms with Crippen molar-refractivity contribution in [2.24, 2.45) is 16.5 Å². The van der Waals surface area contributed by atoms with Crippen molar-refractivity contribution in [3.8, 4) is 5.75 Å². The first-order valence-corrected chi connectivity index (χ1v) is 15.5. The second-order valence-corrected chi connectivity index (χ2v) is 13.1. The van der Waals surface area contributed by atoms with Crippen molar-refractivity contribution >= 4 is 35.2 Å². The van der Waals surface area contributed by atoms with Crippen LogP contribution in [0, 0.1) is 0 Å². The van der Waals surface area contributed by atoms with Crippen LogP contribution in [0.4, 0.5) is 10.5 Å². The highest BCUT2D eigenvalue weighted by molar-refractivity contribution is 6.30. The minimum absolute atomic E-state index is 0.315. The molecule has 240 valence electrons. The summed E-state index contributed by atoms with van der Waals surface area (Å²) in [6.45, 7) is 9.65. The van der Waals surface area contributed by atoms with Crippen LogP contribution in [-0.2, 0) is 33.7 Å². The van der Waals surface area contributed by atoms with Gasteiger partial charge in [0, 0.05) is 11.6 Å². The first-order chi connectivity index (χ1) is 21.2. The van der Waals surface area contributed by atoms with E-state index in [0.717, 1.165) is 23.1 Å². The SMILES string of the molecule is CC1Oc2ccc(C(N)C(=O)OC(C)(C)CCc3cccc(CNC(=O)OC(C)(C)CCc4cccc(Cl)c4)c3)cc2N=C1N. The van der Waals surface area contributed by atoms with Gasteiger partial charge >= 0.3 is 12.1 Å². The average Bonchev–Trinajstić information content (AvgIpc) is 2.98. The molecule has 0 aliphatic carbocycles. The molecule has 10 heteroatoms. The molecule has 0 saturated heterocycles. The van der Waals surface area contributed by atoms with Crippen LogP contribution in [0.25, 0.3) is 0 Å². The van der Waals surface area contributed by atoms with E-state index in [1.54, 1.807) is 18.2 Å². The fourth-order valence-electron chi connectivity index (χ4n) is 4.91. The number of nitrogens with zero attached hydrogens (tertiary/aromatic N) is 1. The van der Waals surface area contributed by atoms with Gasteiger partial charge in [0.2, 0.25) is 0 Å². The minimum atomic E-state index is -0.985. The van der Waals surface area contributed by atoms with Crippen LogP contribution in [-0.4, -0.2) is 35.2 Å². The van der Waals surface area contributed by atoms with Gasteiger partial charge in [-0.3, -0.25) is 0 Å². The molecule has 4 rings (SSSR count). The lowest BCUT2D eigenvalue weighted by atomic mass is 9.97. The summed E-state index contributed by atoms with van der Waals surface area (Å²) in [6.07, 6.45) is 1.84. The summed E-state index contributed by atoms with van der Waals surface area (Å²) < 4.78 is 17.3. The zero-order chi connectivity index (χ0) is 32.8. The maximum absolute atomic E-state index is 13.0. The molecular formula is C35H43ClN4O5. The summed E-state index contributed by atoms with van der Waals surface area (Å²) in [4.78, 5) is 29.9. The minimum Gasteiger partial charge on any atom is -0.481 e. The molecule has 5 N–H and O–H groups in total. The van der Waals surface area contributed by atoms with Gasteiger partial charge in [-0.15, -0.1) is 0 Å². The molecule has 1 aliphatic rings. The van der Waals surface area contributed by atoms with Gasteiger partial charge in [0.25, 0.3) is 0 Å². The number of rotatable bonds is 12. The zero-order valence-corrected chi connectivity index (χ0v) is 27.3. The first-order valence-electron chi connectivity index (χ1n) is 15.1. The number of alkyl carbamates (subject to hydrolysis) is 1. The molecule has 0 radical (unpaired) electrons. The quantitative estimate of drug-likeness (QED) is 0.188. The maximum Gasteiger partial charge on any atom is 0.407 e. The van der Waals surface area contributed by atoms with Gasteiger partial charge in [0.15, 0.2) is 6.10 Å². The van der Waals surface area contributed by atoms with Crippen molar-refractivity contribution in [1.29, 1.82) is 0 Å². The number of carbonyl (C=O) groups excluding carboxylic acids is 2. The number of hydrogen-bond donors (Lipinski definition) is 3. The predicted molar refractivity (Wildman–Crippen MR) is 177 cm³/mol. The van der Waals surface area contributed by atoms with Crippen LogP contribution in [0.2, 0.25) is 5.02 Å². The predicted octanol–water partition coefficient (Wildman–Crippen LogP) is 6.70. The smallest absolute Gasteiger partial charge is 0.407 e. The summed E-state index contributed by atoms with van der Waals surface area (Å²) in [5.41, 5.74) is 15.0. The number of carbonyl (C=O) groups is 2. The molecule has 3 aromatic rings. The lowest BCUT2D eigenvalue weighted by Gasteiger charge is -2.27. The molecule has 0 saturated carbocycles. The molecule has 2 unspecified atom stereocenters. The Morgan fingerprint density at radius 3 is 2.24 bits per heavy atom. The topological polar surface area (TPSA) is 138 Å². The number of fused-ring (bicyclic) bond motifs is 1. The van der Waals surface area contributed by atoms with E-state index in [0.29, 0.717) is 53.7 Å². The van der Waals surface area contributed by atoms with E-state index >= 15 is 0 Å². The Morgan fingerprint density at radius 2 is 1.56 bits per heavy atom. The number of benzene rings is 3. The maximum atomic E-state index is 13.0. The fraction of sp³-hybridized carbons (Fsp3) is 0.400. The fourth-order valence-corrected chi connectivity index (χ4v) is 5.12. The summed E-state index contributed by atoms with van der Waals surface area (Å²) in [5.74, 6) is 0.417. The molecule has 1 amide bonds. The Hall–Kier alpha value is -4.08. The van der Waals surface area contributed by atoms with Crippen LogP contribution in [0.1, 0.15) is 75.8 Å². The Bertz CT molecular complexity index is 1550. The number of amides is 1. The van der Waals surface area contributed by atoms with Gasteiger partial charge in [0.1, 0.15) is 34.5 Å². The third kappa shape index (κ3) is 9.96. The molecule has 1 heterocycles. The highest BCUT2D eigenvalue weighted by Gasteiger charge is 2.29. The van der Waals surface area contributed by atoms with E-state index in [9.17, 15) is 9.59 Å². The van der Waals surface area contributed by atoms with Gasteiger partial charge in [-0.05, 0) is 107 Å². The van der Waals surface area contributed by atoms with Gasteiger partial charge in [-0.2, -0.15) is 0 Å². The van der Waals surface area contributed by atoms with Crippen molar-refractivity contribution in [3.63, 3.8) is 0 Å². The average molecular weight is 635 g/mol.